The predicted molar refractivity (Wildman–Crippen MR) is 74.2 cm³/mol. The molecule has 2 aliphatic carbocycles. The molecule has 2 bridgehead atoms. The van der Waals surface area contributed by atoms with Crippen LogP contribution in [-0.4, -0.2) is 20.2 Å². The van der Waals surface area contributed by atoms with E-state index in [1.807, 2.05) is 0 Å². The summed E-state index contributed by atoms with van der Waals surface area (Å²) in [6.07, 6.45) is 5.23. The summed E-state index contributed by atoms with van der Waals surface area (Å²) in [6.45, 7) is 2.43. The minimum Gasteiger partial charge on any atom is -0.497 e. The SMILES string of the molecule is CN[C@H]1C2CCC[C@]1(C)c1cc(OC)ccc1C2. The minimum atomic E-state index is 0.278. The molecule has 2 heteroatoms. The zero-order valence-electron chi connectivity index (χ0n) is 11.6. The van der Waals surface area contributed by atoms with E-state index >= 15 is 0 Å². The van der Waals surface area contributed by atoms with Gasteiger partial charge in [-0.15, -0.1) is 0 Å². The molecule has 1 aromatic carbocycles. The fourth-order valence-corrected chi connectivity index (χ4v) is 4.32. The highest BCUT2D eigenvalue weighted by Crippen LogP contribution is 2.49. The molecule has 0 spiro atoms. The number of ether oxygens (including phenoxy) is 1. The van der Waals surface area contributed by atoms with Gasteiger partial charge in [-0.05, 0) is 55.5 Å². The number of fused-ring (bicyclic) bond motifs is 4. The first-order valence-electron chi connectivity index (χ1n) is 7.03. The number of rotatable bonds is 2. The van der Waals surface area contributed by atoms with Crippen LogP contribution in [0.4, 0.5) is 0 Å². The summed E-state index contributed by atoms with van der Waals surface area (Å²) in [4.78, 5) is 0. The summed E-state index contributed by atoms with van der Waals surface area (Å²) in [5.74, 6) is 1.79. The zero-order chi connectivity index (χ0) is 12.8. The van der Waals surface area contributed by atoms with Crippen molar-refractivity contribution in [3.8, 4) is 5.75 Å². The Kier molecular flexibility index (Phi) is 2.86. The van der Waals surface area contributed by atoms with Gasteiger partial charge in [-0.2, -0.15) is 0 Å². The number of methoxy groups -OCH3 is 1. The maximum atomic E-state index is 5.41. The minimum absolute atomic E-state index is 0.278. The zero-order valence-corrected chi connectivity index (χ0v) is 11.6. The molecule has 1 unspecified atom stereocenters. The molecule has 18 heavy (non-hydrogen) atoms. The number of hydrogen-bond donors (Lipinski definition) is 1. The van der Waals surface area contributed by atoms with E-state index in [2.05, 4.69) is 37.5 Å². The molecule has 0 aromatic heterocycles. The van der Waals surface area contributed by atoms with Gasteiger partial charge in [0.2, 0.25) is 0 Å². The second-order valence-corrected chi connectivity index (χ2v) is 6.06. The Morgan fingerprint density at radius 2 is 2.22 bits per heavy atom. The molecule has 0 heterocycles. The van der Waals surface area contributed by atoms with Gasteiger partial charge in [-0.3, -0.25) is 0 Å². The molecule has 1 saturated carbocycles. The molecule has 0 saturated heterocycles. The van der Waals surface area contributed by atoms with Crippen LogP contribution in [0.15, 0.2) is 18.2 Å². The summed E-state index contributed by atoms with van der Waals surface area (Å²) < 4.78 is 5.41. The van der Waals surface area contributed by atoms with Crippen LogP contribution in [0, 0.1) is 5.92 Å². The van der Waals surface area contributed by atoms with Gasteiger partial charge in [0, 0.05) is 11.5 Å². The van der Waals surface area contributed by atoms with Crippen LogP contribution >= 0.6 is 0 Å². The number of hydrogen-bond acceptors (Lipinski definition) is 2. The molecule has 0 aliphatic heterocycles. The lowest BCUT2D eigenvalue weighted by Crippen LogP contribution is -2.55. The quantitative estimate of drug-likeness (QED) is 0.865. The summed E-state index contributed by atoms with van der Waals surface area (Å²) >= 11 is 0. The lowest BCUT2D eigenvalue weighted by Gasteiger charge is -2.51. The topological polar surface area (TPSA) is 21.3 Å². The summed E-state index contributed by atoms with van der Waals surface area (Å²) in [5.41, 5.74) is 3.33. The second kappa shape index (κ2) is 4.27. The molecule has 2 nitrogen and oxygen atoms in total. The highest BCUT2D eigenvalue weighted by atomic mass is 16.5. The molecule has 1 aromatic rings. The Morgan fingerprint density at radius 1 is 1.39 bits per heavy atom. The van der Waals surface area contributed by atoms with E-state index in [9.17, 15) is 0 Å². The third-order valence-corrected chi connectivity index (χ3v) is 5.15. The fraction of sp³-hybridized carbons (Fsp3) is 0.625. The van der Waals surface area contributed by atoms with Gasteiger partial charge in [0.1, 0.15) is 5.75 Å². The lowest BCUT2D eigenvalue weighted by atomic mass is 9.57. The van der Waals surface area contributed by atoms with E-state index in [4.69, 9.17) is 4.74 Å². The Morgan fingerprint density at radius 3 is 2.94 bits per heavy atom. The van der Waals surface area contributed by atoms with Gasteiger partial charge < -0.3 is 10.1 Å². The van der Waals surface area contributed by atoms with E-state index in [1.54, 1.807) is 7.11 Å². The molecule has 3 rings (SSSR count). The van der Waals surface area contributed by atoms with E-state index in [1.165, 1.54) is 36.8 Å². The Hall–Kier alpha value is -1.02. The van der Waals surface area contributed by atoms with Gasteiger partial charge in [-0.25, -0.2) is 0 Å². The molecule has 2 aliphatic rings. The van der Waals surface area contributed by atoms with Gasteiger partial charge in [0.25, 0.3) is 0 Å². The first kappa shape index (κ1) is 12.0. The van der Waals surface area contributed by atoms with Crippen molar-refractivity contribution in [2.24, 2.45) is 5.92 Å². The van der Waals surface area contributed by atoms with Crippen LogP contribution in [0.3, 0.4) is 0 Å². The van der Waals surface area contributed by atoms with Gasteiger partial charge in [-0.1, -0.05) is 19.4 Å². The first-order valence-corrected chi connectivity index (χ1v) is 7.03. The van der Waals surface area contributed by atoms with Crippen molar-refractivity contribution >= 4 is 0 Å². The maximum Gasteiger partial charge on any atom is 0.119 e. The molecule has 1 N–H and O–H groups in total. The van der Waals surface area contributed by atoms with Gasteiger partial charge >= 0.3 is 0 Å². The standard InChI is InChI=1S/C16H23NO/c1-16-8-4-5-12(15(16)17-2)9-11-6-7-13(18-3)10-14(11)16/h6-7,10,12,15,17H,4-5,8-9H2,1-3H3/t12?,15-,16+/m0/s1. The largest absolute Gasteiger partial charge is 0.497 e. The van der Waals surface area contributed by atoms with Crippen molar-refractivity contribution < 1.29 is 4.74 Å². The Labute approximate surface area is 110 Å². The van der Waals surface area contributed by atoms with E-state index in [0.717, 1.165) is 11.7 Å². The summed E-state index contributed by atoms with van der Waals surface area (Å²) in [6, 6.07) is 7.26. The van der Waals surface area contributed by atoms with Crippen LogP contribution in [0.25, 0.3) is 0 Å². The Balaban J connectivity index is 2.12. The number of nitrogens with one attached hydrogen (secondary N) is 1. The average Bonchev–Trinajstić information content (AvgIpc) is 2.38. The van der Waals surface area contributed by atoms with Crippen molar-refractivity contribution in [3.05, 3.63) is 29.3 Å². The normalized spacial score (nSPS) is 33.9. The second-order valence-electron chi connectivity index (χ2n) is 6.06. The summed E-state index contributed by atoms with van der Waals surface area (Å²) in [5, 5.41) is 3.58. The van der Waals surface area contributed by atoms with Crippen molar-refractivity contribution in [1.82, 2.24) is 5.32 Å². The van der Waals surface area contributed by atoms with E-state index in [-0.39, 0.29) is 5.41 Å². The third-order valence-electron chi connectivity index (χ3n) is 5.15. The van der Waals surface area contributed by atoms with Crippen LogP contribution in [-0.2, 0) is 11.8 Å². The third kappa shape index (κ3) is 1.58. The van der Waals surface area contributed by atoms with Crippen molar-refractivity contribution in [1.29, 1.82) is 0 Å². The van der Waals surface area contributed by atoms with E-state index < -0.39 is 0 Å². The van der Waals surface area contributed by atoms with Gasteiger partial charge in [0.05, 0.1) is 7.11 Å². The highest BCUT2D eigenvalue weighted by Gasteiger charge is 2.47. The maximum absolute atomic E-state index is 5.41. The summed E-state index contributed by atoms with van der Waals surface area (Å²) in [7, 11) is 3.87. The van der Waals surface area contributed by atoms with Crippen molar-refractivity contribution in [2.75, 3.05) is 14.2 Å². The molecule has 3 atom stereocenters. The van der Waals surface area contributed by atoms with Crippen LogP contribution < -0.4 is 10.1 Å². The number of benzene rings is 1. The molecule has 0 radical (unpaired) electrons. The molecule has 1 fully saturated rings. The van der Waals surface area contributed by atoms with Gasteiger partial charge in [0.15, 0.2) is 0 Å². The van der Waals surface area contributed by atoms with Crippen molar-refractivity contribution in [3.63, 3.8) is 0 Å². The van der Waals surface area contributed by atoms with E-state index in [0.29, 0.717) is 6.04 Å². The Bertz CT molecular complexity index is 456. The first-order chi connectivity index (χ1) is 8.69. The smallest absolute Gasteiger partial charge is 0.119 e. The average molecular weight is 245 g/mol. The van der Waals surface area contributed by atoms with Crippen molar-refractivity contribution in [2.45, 2.75) is 44.1 Å². The van der Waals surface area contributed by atoms with Crippen LogP contribution in [0.5, 0.6) is 5.75 Å². The van der Waals surface area contributed by atoms with Crippen LogP contribution in [0.2, 0.25) is 0 Å². The van der Waals surface area contributed by atoms with Crippen LogP contribution in [0.1, 0.15) is 37.3 Å². The monoisotopic (exact) mass is 245 g/mol. The fourth-order valence-electron chi connectivity index (χ4n) is 4.32. The number of likely N-dealkylation sites (N-methyl/N-ethyl adjacent to an activating group) is 1. The highest BCUT2D eigenvalue weighted by molar-refractivity contribution is 5.44. The molecular weight excluding hydrogens is 222 g/mol. The molecular formula is C16H23NO. The lowest BCUT2D eigenvalue weighted by molar-refractivity contribution is 0.147. The predicted octanol–water partition coefficient (Wildman–Crippen LogP) is 2.90. The molecule has 0 amide bonds. The molecule has 98 valence electrons.